The molecule has 1 aromatic heterocycles. The second-order valence-corrected chi connectivity index (χ2v) is 17.0. The SMILES string of the molecule is CC1(c2ccccc2)c2ccccc2-c2ccc(N(c3ccc(-n4c5ccccc5c5ccccc54)cc3)c3ccccc3-c3ccccc3-c3ccccc3-c3ccccc3)cc21. The van der Waals surface area contributed by atoms with E-state index >= 15 is 0 Å². The van der Waals surface area contributed by atoms with Crippen LogP contribution in [-0.4, -0.2) is 4.57 Å². The molecule has 1 unspecified atom stereocenters. The maximum Gasteiger partial charge on any atom is 0.0541 e. The first-order valence-corrected chi connectivity index (χ1v) is 22.2. The monoisotopic (exact) mass is 816 g/mol. The fraction of sp³-hybridized carbons (Fsp3) is 0.0323. The van der Waals surface area contributed by atoms with Gasteiger partial charge in [-0.3, -0.25) is 0 Å². The van der Waals surface area contributed by atoms with Crippen LogP contribution in [0.25, 0.3) is 72.0 Å². The number of nitrogens with zero attached hydrogens (tertiary/aromatic N) is 2. The van der Waals surface area contributed by atoms with Crippen LogP contribution in [0.1, 0.15) is 23.6 Å². The van der Waals surface area contributed by atoms with Crippen molar-refractivity contribution in [3.63, 3.8) is 0 Å². The summed E-state index contributed by atoms with van der Waals surface area (Å²) in [6.45, 7) is 2.40. The number of benzene rings is 10. The van der Waals surface area contributed by atoms with Crippen molar-refractivity contribution in [3.8, 4) is 50.2 Å². The van der Waals surface area contributed by atoms with Crippen LogP contribution in [0.15, 0.2) is 249 Å². The second kappa shape index (κ2) is 15.3. The summed E-state index contributed by atoms with van der Waals surface area (Å²) >= 11 is 0. The van der Waals surface area contributed by atoms with E-state index in [9.17, 15) is 0 Å². The van der Waals surface area contributed by atoms with Crippen molar-refractivity contribution in [2.75, 3.05) is 4.90 Å². The third kappa shape index (κ3) is 5.95. The van der Waals surface area contributed by atoms with E-state index in [1.807, 2.05) is 0 Å². The molecule has 0 bridgehead atoms. The first-order chi connectivity index (χ1) is 31.7. The van der Waals surface area contributed by atoms with E-state index in [1.165, 1.54) is 77.4 Å². The Morgan fingerprint density at radius 1 is 0.344 bits per heavy atom. The van der Waals surface area contributed by atoms with Gasteiger partial charge >= 0.3 is 0 Å². The zero-order chi connectivity index (χ0) is 42.6. The van der Waals surface area contributed by atoms with Gasteiger partial charge in [-0.15, -0.1) is 0 Å². The number of hydrogen-bond acceptors (Lipinski definition) is 1. The highest BCUT2D eigenvalue weighted by molar-refractivity contribution is 6.09. The van der Waals surface area contributed by atoms with Crippen molar-refractivity contribution >= 4 is 38.9 Å². The van der Waals surface area contributed by atoms with Gasteiger partial charge < -0.3 is 9.47 Å². The number of anilines is 3. The molecular formula is C62H44N2. The topological polar surface area (TPSA) is 8.17 Å². The van der Waals surface area contributed by atoms with Crippen LogP contribution in [0.4, 0.5) is 17.1 Å². The summed E-state index contributed by atoms with van der Waals surface area (Å²) in [5.41, 5.74) is 20.1. The van der Waals surface area contributed by atoms with Crippen molar-refractivity contribution in [1.29, 1.82) is 0 Å². The van der Waals surface area contributed by atoms with Crippen molar-refractivity contribution in [2.45, 2.75) is 12.3 Å². The van der Waals surface area contributed by atoms with Gasteiger partial charge in [0.2, 0.25) is 0 Å². The van der Waals surface area contributed by atoms with Gasteiger partial charge in [-0.1, -0.05) is 194 Å². The summed E-state index contributed by atoms with van der Waals surface area (Å²) in [7, 11) is 0. The van der Waals surface area contributed by atoms with Gasteiger partial charge in [0, 0.05) is 38.8 Å². The molecule has 0 aliphatic heterocycles. The molecule has 1 aliphatic rings. The van der Waals surface area contributed by atoms with Crippen molar-refractivity contribution in [2.24, 2.45) is 0 Å². The molecule has 0 saturated carbocycles. The predicted octanol–water partition coefficient (Wildman–Crippen LogP) is 16.6. The quantitative estimate of drug-likeness (QED) is 0.148. The lowest BCUT2D eigenvalue weighted by Crippen LogP contribution is -2.22. The van der Waals surface area contributed by atoms with Gasteiger partial charge in [-0.25, -0.2) is 0 Å². The Balaban J connectivity index is 1.07. The highest BCUT2D eigenvalue weighted by Gasteiger charge is 2.41. The highest BCUT2D eigenvalue weighted by Crippen LogP contribution is 2.54. The largest absolute Gasteiger partial charge is 0.310 e. The Morgan fingerprint density at radius 3 is 1.48 bits per heavy atom. The number of para-hydroxylation sites is 3. The maximum atomic E-state index is 2.47. The molecule has 12 rings (SSSR count). The lowest BCUT2D eigenvalue weighted by atomic mass is 9.74. The van der Waals surface area contributed by atoms with Gasteiger partial charge in [0.25, 0.3) is 0 Å². The van der Waals surface area contributed by atoms with Crippen LogP contribution < -0.4 is 4.90 Å². The van der Waals surface area contributed by atoms with E-state index in [2.05, 4.69) is 265 Å². The molecule has 302 valence electrons. The molecule has 0 spiro atoms. The van der Waals surface area contributed by atoms with E-state index in [-0.39, 0.29) is 5.41 Å². The molecular weight excluding hydrogens is 773 g/mol. The van der Waals surface area contributed by atoms with E-state index < -0.39 is 0 Å². The van der Waals surface area contributed by atoms with E-state index in [0.717, 1.165) is 28.3 Å². The van der Waals surface area contributed by atoms with Crippen molar-refractivity contribution in [3.05, 3.63) is 265 Å². The van der Waals surface area contributed by atoms with E-state index in [1.54, 1.807) is 0 Å². The molecule has 2 heteroatoms. The zero-order valence-corrected chi connectivity index (χ0v) is 35.6. The van der Waals surface area contributed by atoms with Crippen LogP contribution in [0.2, 0.25) is 0 Å². The van der Waals surface area contributed by atoms with Gasteiger partial charge in [-0.05, 0) is 117 Å². The molecule has 1 aliphatic carbocycles. The van der Waals surface area contributed by atoms with Crippen LogP contribution in [-0.2, 0) is 5.41 Å². The Hall–Kier alpha value is -8.20. The number of hydrogen-bond donors (Lipinski definition) is 0. The second-order valence-electron chi connectivity index (χ2n) is 17.0. The molecule has 1 atom stereocenters. The highest BCUT2D eigenvalue weighted by atomic mass is 15.1. The van der Waals surface area contributed by atoms with Gasteiger partial charge in [0.1, 0.15) is 0 Å². The smallest absolute Gasteiger partial charge is 0.0541 e. The van der Waals surface area contributed by atoms with Gasteiger partial charge in [-0.2, -0.15) is 0 Å². The minimum absolute atomic E-state index is 0.345. The van der Waals surface area contributed by atoms with E-state index in [4.69, 9.17) is 0 Å². The molecule has 0 saturated heterocycles. The average molecular weight is 817 g/mol. The summed E-state index contributed by atoms with van der Waals surface area (Å²) in [6, 6.07) is 91.0. The fourth-order valence-corrected chi connectivity index (χ4v) is 10.5. The van der Waals surface area contributed by atoms with Gasteiger partial charge in [0.15, 0.2) is 0 Å². The summed E-state index contributed by atoms with van der Waals surface area (Å²) in [6.07, 6.45) is 0. The summed E-state index contributed by atoms with van der Waals surface area (Å²) in [4.78, 5) is 2.47. The van der Waals surface area contributed by atoms with Crippen LogP contribution in [0.3, 0.4) is 0 Å². The molecule has 2 nitrogen and oxygen atoms in total. The average Bonchev–Trinajstić information content (AvgIpc) is 3.84. The van der Waals surface area contributed by atoms with Crippen molar-refractivity contribution < 1.29 is 0 Å². The first-order valence-electron chi connectivity index (χ1n) is 22.2. The molecule has 10 aromatic carbocycles. The molecule has 0 radical (unpaired) electrons. The van der Waals surface area contributed by atoms with Crippen LogP contribution in [0.5, 0.6) is 0 Å². The van der Waals surface area contributed by atoms with E-state index in [0.29, 0.717) is 0 Å². The molecule has 1 heterocycles. The lowest BCUT2D eigenvalue weighted by Gasteiger charge is -2.32. The maximum absolute atomic E-state index is 2.47. The summed E-state index contributed by atoms with van der Waals surface area (Å²) in [5, 5.41) is 2.51. The first kappa shape index (κ1) is 37.6. The minimum atomic E-state index is -0.345. The summed E-state index contributed by atoms with van der Waals surface area (Å²) in [5.74, 6) is 0. The minimum Gasteiger partial charge on any atom is -0.310 e. The normalized spacial score (nSPS) is 14.1. The van der Waals surface area contributed by atoms with Crippen LogP contribution >= 0.6 is 0 Å². The lowest BCUT2D eigenvalue weighted by molar-refractivity contribution is 0.714. The molecule has 0 amide bonds. The van der Waals surface area contributed by atoms with Crippen molar-refractivity contribution in [1.82, 2.24) is 4.57 Å². The third-order valence-electron chi connectivity index (χ3n) is 13.5. The molecule has 11 aromatic rings. The number of aromatic nitrogens is 1. The number of rotatable bonds is 8. The summed E-state index contributed by atoms with van der Waals surface area (Å²) < 4.78 is 2.39. The molecule has 0 fully saturated rings. The zero-order valence-electron chi connectivity index (χ0n) is 35.6. The third-order valence-corrected chi connectivity index (χ3v) is 13.5. The Bertz CT molecular complexity index is 3460. The molecule has 0 N–H and O–H groups in total. The Kier molecular flexibility index (Phi) is 8.98. The Labute approximate surface area is 374 Å². The van der Waals surface area contributed by atoms with Crippen LogP contribution in [0, 0.1) is 0 Å². The standard InChI is InChI=1S/C62H44N2/c1-62(44-22-6-3-7-23-44)57-32-16-12-28-52(57)53-41-40-47(42-58(53)62)63(45-36-38-46(39-37-45)64-60-34-18-14-30-55(60)56-31-15-19-35-61(56)64)59-33-17-13-29-54(59)51-27-11-10-26-50(51)49-25-9-8-24-48(49)43-20-4-2-5-21-43/h2-42H,1H3. The number of fused-ring (bicyclic) bond motifs is 6. The Morgan fingerprint density at radius 2 is 0.812 bits per heavy atom. The molecule has 64 heavy (non-hydrogen) atoms. The fourth-order valence-electron chi connectivity index (χ4n) is 10.5. The predicted molar refractivity (Wildman–Crippen MR) is 269 cm³/mol. The van der Waals surface area contributed by atoms with Gasteiger partial charge in [0.05, 0.1) is 16.7 Å².